The number of nitrogens with two attached hydrogens (primary N) is 1. The van der Waals surface area contributed by atoms with Crippen LogP contribution >= 0.6 is 0 Å². The third-order valence-electron chi connectivity index (χ3n) is 3.09. The van der Waals surface area contributed by atoms with E-state index in [1.165, 1.54) is 6.33 Å². The van der Waals surface area contributed by atoms with E-state index in [0.717, 1.165) is 0 Å². The Labute approximate surface area is 121 Å². The molecule has 0 bridgehead atoms. The molecule has 1 aromatic carbocycles. The fourth-order valence-electron chi connectivity index (χ4n) is 2.05. The number of methoxy groups -OCH3 is 1. The van der Waals surface area contributed by atoms with E-state index in [-0.39, 0.29) is 0 Å². The van der Waals surface area contributed by atoms with Crippen LogP contribution in [0.3, 0.4) is 0 Å². The van der Waals surface area contributed by atoms with Gasteiger partial charge in [-0.25, -0.2) is 15.0 Å². The molecular formula is C14H15N5O2. The zero-order valence-electron chi connectivity index (χ0n) is 11.6. The van der Waals surface area contributed by atoms with Gasteiger partial charge in [0.25, 0.3) is 0 Å². The van der Waals surface area contributed by atoms with Crippen LogP contribution in [-0.4, -0.2) is 33.2 Å². The number of ether oxygens (including phenoxy) is 2. The number of fused-ring (bicyclic) bond motifs is 1. The Morgan fingerprint density at radius 3 is 2.76 bits per heavy atom. The van der Waals surface area contributed by atoms with Gasteiger partial charge in [-0.05, 0) is 12.1 Å². The van der Waals surface area contributed by atoms with Gasteiger partial charge in [-0.3, -0.25) is 0 Å². The molecule has 2 heterocycles. The van der Waals surface area contributed by atoms with Crippen LogP contribution in [0.1, 0.15) is 0 Å². The molecule has 0 saturated heterocycles. The summed E-state index contributed by atoms with van der Waals surface area (Å²) in [7, 11) is 1.62. The van der Waals surface area contributed by atoms with Crippen LogP contribution in [0, 0.1) is 0 Å². The largest absolute Gasteiger partial charge is 0.493 e. The van der Waals surface area contributed by atoms with Gasteiger partial charge in [0.2, 0.25) is 0 Å². The highest BCUT2D eigenvalue weighted by molar-refractivity contribution is 5.81. The maximum Gasteiger partial charge on any atom is 0.165 e. The predicted octanol–water partition coefficient (Wildman–Crippen LogP) is 1.50. The molecule has 0 saturated carbocycles. The molecule has 0 atom stereocenters. The summed E-state index contributed by atoms with van der Waals surface area (Å²) in [4.78, 5) is 12.3. The van der Waals surface area contributed by atoms with E-state index in [9.17, 15) is 0 Å². The Balaban J connectivity index is 1.71. The van der Waals surface area contributed by atoms with Gasteiger partial charge in [-0.2, -0.15) is 0 Å². The molecule has 0 aliphatic carbocycles. The molecule has 3 rings (SSSR count). The van der Waals surface area contributed by atoms with Crippen LogP contribution in [0.25, 0.3) is 11.2 Å². The minimum atomic E-state index is 0.379. The lowest BCUT2D eigenvalue weighted by Crippen LogP contribution is -2.08. The second kappa shape index (κ2) is 5.66. The van der Waals surface area contributed by atoms with Crippen LogP contribution in [0.15, 0.2) is 36.9 Å². The van der Waals surface area contributed by atoms with Crippen molar-refractivity contribution < 1.29 is 9.47 Å². The molecular weight excluding hydrogens is 270 g/mol. The highest BCUT2D eigenvalue weighted by Gasteiger charge is 2.08. The maximum absolute atomic E-state index is 5.75. The minimum absolute atomic E-state index is 0.379. The van der Waals surface area contributed by atoms with E-state index in [1.807, 2.05) is 28.8 Å². The van der Waals surface area contributed by atoms with E-state index < -0.39 is 0 Å². The Morgan fingerprint density at radius 2 is 1.95 bits per heavy atom. The molecule has 0 aliphatic heterocycles. The van der Waals surface area contributed by atoms with Crippen molar-refractivity contribution in [2.75, 3.05) is 19.5 Å². The van der Waals surface area contributed by atoms with Gasteiger partial charge < -0.3 is 19.8 Å². The SMILES string of the molecule is COc1ccccc1OCCn1cnc2c(N)ncnc21. The number of aromatic nitrogens is 4. The van der Waals surface area contributed by atoms with Crippen LogP contribution in [0.4, 0.5) is 5.82 Å². The fourth-order valence-corrected chi connectivity index (χ4v) is 2.05. The molecule has 0 fully saturated rings. The summed E-state index contributed by atoms with van der Waals surface area (Å²) in [5.74, 6) is 1.79. The third kappa shape index (κ3) is 2.58. The van der Waals surface area contributed by atoms with Crippen molar-refractivity contribution in [3.05, 3.63) is 36.9 Å². The van der Waals surface area contributed by atoms with E-state index in [2.05, 4.69) is 15.0 Å². The first-order valence-corrected chi connectivity index (χ1v) is 6.46. The molecule has 0 unspecified atom stereocenters. The lowest BCUT2D eigenvalue weighted by molar-refractivity contribution is 0.281. The number of hydrogen-bond donors (Lipinski definition) is 1. The predicted molar refractivity (Wildman–Crippen MR) is 78.2 cm³/mol. The molecule has 108 valence electrons. The first-order chi connectivity index (χ1) is 10.3. The second-order valence-electron chi connectivity index (χ2n) is 4.37. The standard InChI is InChI=1S/C14H15N5O2/c1-20-10-4-2-3-5-11(10)21-7-6-19-9-18-12-13(15)16-8-17-14(12)19/h2-5,8-9H,6-7H2,1H3,(H2,15,16,17). The summed E-state index contributed by atoms with van der Waals surface area (Å²) in [5.41, 5.74) is 7.06. The van der Waals surface area contributed by atoms with E-state index >= 15 is 0 Å². The first-order valence-electron chi connectivity index (χ1n) is 6.46. The highest BCUT2D eigenvalue weighted by Crippen LogP contribution is 2.25. The molecule has 0 aliphatic rings. The van der Waals surface area contributed by atoms with Gasteiger partial charge in [0.15, 0.2) is 23.0 Å². The number of hydrogen-bond acceptors (Lipinski definition) is 6. The molecule has 21 heavy (non-hydrogen) atoms. The molecule has 0 amide bonds. The van der Waals surface area contributed by atoms with Crippen molar-refractivity contribution >= 4 is 17.0 Å². The van der Waals surface area contributed by atoms with Crippen molar-refractivity contribution in [1.29, 1.82) is 0 Å². The Morgan fingerprint density at radius 1 is 1.14 bits per heavy atom. The molecule has 3 aromatic rings. The van der Waals surface area contributed by atoms with Crippen LogP contribution < -0.4 is 15.2 Å². The fraction of sp³-hybridized carbons (Fsp3) is 0.214. The number of nitrogen functional groups attached to an aromatic ring is 1. The van der Waals surface area contributed by atoms with Gasteiger partial charge in [0.05, 0.1) is 20.0 Å². The van der Waals surface area contributed by atoms with Crippen molar-refractivity contribution in [3.63, 3.8) is 0 Å². The number of imidazole rings is 1. The van der Waals surface area contributed by atoms with Gasteiger partial charge in [-0.1, -0.05) is 12.1 Å². The van der Waals surface area contributed by atoms with Crippen molar-refractivity contribution in [2.45, 2.75) is 6.54 Å². The Kier molecular flexibility index (Phi) is 3.55. The van der Waals surface area contributed by atoms with E-state index in [4.69, 9.17) is 15.2 Å². The Bertz CT molecular complexity index is 756. The topological polar surface area (TPSA) is 88.1 Å². The lowest BCUT2D eigenvalue weighted by Gasteiger charge is -2.10. The van der Waals surface area contributed by atoms with Crippen LogP contribution in [0.5, 0.6) is 11.5 Å². The monoisotopic (exact) mass is 285 g/mol. The number of rotatable bonds is 5. The molecule has 7 nitrogen and oxygen atoms in total. The lowest BCUT2D eigenvalue weighted by atomic mass is 10.3. The number of para-hydroxylation sites is 2. The second-order valence-corrected chi connectivity index (χ2v) is 4.37. The van der Waals surface area contributed by atoms with Gasteiger partial charge in [0.1, 0.15) is 18.5 Å². The normalized spacial score (nSPS) is 10.7. The average molecular weight is 285 g/mol. The number of nitrogens with zero attached hydrogens (tertiary/aromatic N) is 4. The molecule has 0 radical (unpaired) electrons. The van der Waals surface area contributed by atoms with Crippen LogP contribution in [-0.2, 0) is 6.54 Å². The van der Waals surface area contributed by atoms with E-state index in [0.29, 0.717) is 41.6 Å². The summed E-state index contributed by atoms with van der Waals surface area (Å²) in [6.07, 6.45) is 3.11. The van der Waals surface area contributed by atoms with Gasteiger partial charge >= 0.3 is 0 Å². The quantitative estimate of drug-likeness (QED) is 0.764. The van der Waals surface area contributed by atoms with Crippen molar-refractivity contribution in [1.82, 2.24) is 19.5 Å². The summed E-state index contributed by atoms with van der Waals surface area (Å²) >= 11 is 0. The Hall–Kier alpha value is -2.83. The summed E-state index contributed by atoms with van der Waals surface area (Å²) in [6.45, 7) is 1.07. The molecule has 2 aromatic heterocycles. The first kappa shape index (κ1) is 13.2. The van der Waals surface area contributed by atoms with Crippen molar-refractivity contribution in [3.8, 4) is 11.5 Å². The highest BCUT2D eigenvalue weighted by atomic mass is 16.5. The summed E-state index contributed by atoms with van der Waals surface area (Å²) in [5, 5.41) is 0. The maximum atomic E-state index is 5.75. The number of anilines is 1. The number of benzene rings is 1. The van der Waals surface area contributed by atoms with Gasteiger partial charge in [-0.15, -0.1) is 0 Å². The third-order valence-corrected chi connectivity index (χ3v) is 3.09. The van der Waals surface area contributed by atoms with Crippen molar-refractivity contribution in [2.24, 2.45) is 0 Å². The van der Waals surface area contributed by atoms with E-state index in [1.54, 1.807) is 13.4 Å². The zero-order chi connectivity index (χ0) is 14.7. The summed E-state index contributed by atoms with van der Waals surface area (Å²) < 4.78 is 12.8. The molecule has 2 N–H and O–H groups in total. The minimum Gasteiger partial charge on any atom is -0.493 e. The average Bonchev–Trinajstić information content (AvgIpc) is 2.93. The molecule has 7 heteroatoms. The zero-order valence-corrected chi connectivity index (χ0v) is 11.6. The van der Waals surface area contributed by atoms with Crippen LogP contribution in [0.2, 0.25) is 0 Å². The summed E-state index contributed by atoms with van der Waals surface area (Å²) in [6, 6.07) is 7.52. The molecule has 0 spiro atoms. The smallest absolute Gasteiger partial charge is 0.165 e. The van der Waals surface area contributed by atoms with Gasteiger partial charge in [0, 0.05) is 0 Å².